The third kappa shape index (κ3) is 2.80. The van der Waals surface area contributed by atoms with Gasteiger partial charge in [-0.1, -0.05) is 13.8 Å². The summed E-state index contributed by atoms with van der Waals surface area (Å²) in [6, 6.07) is 5.86. The van der Waals surface area contributed by atoms with Crippen LogP contribution in [0.1, 0.15) is 13.8 Å². The molecule has 0 spiro atoms. The maximum Gasteiger partial charge on any atom is 0.121 e. The molecule has 2 N–H and O–H groups in total. The van der Waals surface area contributed by atoms with Crippen LogP contribution in [-0.2, 0) is 0 Å². The highest BCUT2D eigenvalue weighted by atomic mass is 32.2. The summed E-state index contributed by atoms with van der Waals surface area (Å²) in [7, 11) is 1.69. The predicted octanol–water partition coefficient (Wildman–Crippen LogP) is 2.61. The van der Waals surface area contributed by atoms with Crippen LogP contribution >= 0.6 is 11.8 Å². The maximum absolute atomic E-state index is 6.06. The summed E-state index contributed by atoms with van der Waals surface area (Å²) in [4.78, 5) is 2.36. The minimum absolute atomic E-state index is 0.643. The van der Waals surface area contributed by atoms with E-state index in [4.69, 9.17) is 10.5 Å². The fourth-order valence-corrected chi connectivity index (χ4v) is 3.62. The average molecular weight is 252 g/mol. The van der Waals surface area contributed by atoms with E-state index in [-0.39, 0.29) is 0 Å². The molecule has 17 heavy (non-hydrogen) atoms. The van der Waals surface area contributed by atoms with Crippen LogP contribution in [-0.4, -0.2) is 30.7 Å². The van der Waals surface area contributed by atoms with E-state index in [9.17, 15) is 0 Å². The standard InChI is InChI=1S/C13H20N2OS/c1-9-7-15(8-10(2)17-9)13-6-11(16-3)4-5-12(13)14/h4-6,9-10H,7-8,14H2,1-3H3. The second kappa shape index (κ2) is 5.08. The van der Waals surface area contributed by atoms with Crippen LogP contribution in [0.4, 0.5) is 11.4 Å². The summed E-state index contributed by atoms with van der Waals surface area (Å²) in [5.41, 5.74) is 7.99. The molecule has 0 bridgehead atoms. The second-order valence-corrected chi connectivity index (χ2v) is 6.47. The molecule has 0 aromatic heterocycles. The molecule has 2 rings (SSSR count). The largest absolute Gasteiger partial charge is 0.497 e. The molecule has 3 nitrogen and oxygen atoms in total. The number of ether oxygens (including phenoxy) is 1. The van der Waals surface area contributed by atoms with Gasteiger partial charge < -0.3 is 15.4 Å². The van der Waals surface area contributed by atoms with Crippen molar-refractivity contribution >= 4 is 23.1 Å². The predicted molar refractivity (Wildman–Crippen MR) is 76.1 cm³/mol. The van der Waals surface area contributed by atoms with E-state index in [1.807, 2.05) is 30.0 Å². The van der Waals surface area contributed by atoms with E-state index in [2.05, 4.69) is 18.7 Å². The summed E-state index contributed by atoms with van der Waals surface area (Å²) in [6.45, 7) is 6.63. The molecule has 4 heteroatoms. The van der Waals surface area contributed by atoms with E-state index in [0.29, 0.717) is 10.5 Å². The Bertz CT molecular complexity index is 387. The molecule has 0 saturated carbocycles. The molecule has 1 fully saturated rings. The van der Waals surface area contributed by atoms with Crippen LogP contribution in [0.15, 0.2) is 18.2 Å². The van der Waals surface area contributed by atoms with Crippen LogP contribution in [0.5, 0.6) is 5.75 Å². The van der Waals surface area contributed by atoms with Crippen molar-refractivity contribution in [1.29, 1.82) is 0 Å². The van der Waals surface area contributed by atoms with Crippen molar-refractivity contribution in [3.63, 3.8) is 0 Å². The Morgan fingerprint density at radius 1 is 1.29 bits per heavy atom. The zero-order valence-electron chi connectivity index (χ0n) is 10.6. The van der Waals surface area contributed by atoms with Gasteiger partial charge in [-0.15, -0.1) is 0 Å². The topological polar surface area (TPSA) is 38.5 Å². The zero-order chi connectivity index (χ0) is 12.4. The van der Waals surface area contributed by atoms with Crippen LogP contribution in [0.2, 0.25) is 0 Å². The molecule has 0 radical (unpaired) electrons. The number of rotatable bonds is 2. The van der Waals surface area contributed by atoms with E-state index >= 15 is 0 Å². The number of benzene rings is 1. The number of nitrogen functional groups attached to an aromatic ring is 1. The van der Waals surface area contributed by atoms with E-state index in [1.165, 1.54) is 0 Å². The highest BCUT2D eigenvalue weighted by molar-refractivity contribution is 8.00. The lowest BCUT2D eigenvalue weighted by molar-refractivity contribution is 0.415. The van der Waals surface area contributed by atoms with Gasteiger partial charge in [-0.05, 0) is 12.1 Å². The number of thioether (sulfide) groups is 1. The molecule has 1 heterocycles. The lowest BCUT2D eigenvalue weighted by Crippen LogP contribution is -2.40. The Labute approximate surface area is 107 Å². The highest BCUT2D eigenvalue weighted by Gasteiger charge is 2.23. The van der Waals surface area contributed by atoms with Crippen molar-refractivity contribution in [1.82, 2.24) is 0 Å². The van der Waals surface area contributed by atoms with E-state index in [0.717, 1.165) is 30.2 Å². The third-order valence-corrected chi connectivity index (χ3v) is 4.23. The molecule has 1 aromatic rings. The van der Waals surface area contributed by atoms with Crippen LogP contribution < -0.4 is 15.4 Å². The summed E-state index contributed by atoms with van der Waals surface area (Å²) in [5.74, 6) is 0.868. The second-order valence-electron chi connectivity index (χ2n) is 4.59. The Morgan fingerprint density at radius 2 is 1.94 bits per heavy atom. The van der Waals surface area contributed by atoms with Gasteiger partial charge in [0.15, 0.2) is 0 Å². The van der Waals surface area contributed by atoms with Gasteiger partial charge in [-0.2, -0.15) is 11.8 Å². The SMILES string of the molecule is COc1ccc(N)c(N2CC(C)SC(C)C2)c1. The van der Waals surface area contributed by atoms with Gasteiger partial charge in [0.25, 0.3) is 0 Å². The number of nitrogens with zero attached hydrogens (tertiary/aromatic N) is 1. The van der Waals surface area contributed by atoms with Crippen molar-refractivity contribution in [3.8, 4) is 5.75 Å². The molecule has 0 amide bonds. The molecule has 1 aliphatic heterocycles. The Hall–Kier alpha value is -1.03. The van der Waals surface area contributed by atoms with Crippen LogP contribution in [0.3, 0.4) is 0 Å². The lowest BCUT2D eigenvalue weighted by atomic mass is 10.2. The fourth-order valence-electron chi connectivity index (χ4n) is 2.30. The molecule has 2 unspecified atom stereocenters. The highest BCUT2D eigenvalue weighted by Crippen LogP contribution is 2.33. The number of methoxy groups -OCH3 is 1. The number of hydrogen-bond donors (Lipinski definition) is 1. The zero-order valence-corrected chi connectivity index (χ0v) is 11.5. The number of nitrogens with two attached hydrogens (primary N) is 1. The van der Waals surface area contributed by atoms with Crippen LogP contribution in [0, 0.1) is 0 Å². The monoisotopic (exact) mass is 252 g/mol. The van der Waals surface area contributed by atoms with Gasteiger partial charge in [0.2, 0.25) is 0 Å². The van der Waals surface area contributed by atoms with Gasteiger partial charge in [0.1, 0.15) is 5.75 Å². The Balaban J connectivity index is 2.26. The molecule has 94 valence electrons. The average Bonchev–Trinajstić information content (AvgIpc) is 2.28. The van der Waals surface area contributed by atoms with Crippen molar-refractivity contribution < 1.29 is 4.74 Å². The van der Waals surface area contributed by atoms with Crippen molar-refractivity contribution in [2.75, 3.05) is 30.8 Å². The Kier molecular flexibility index (Phi) is 3.72. The fraction of sp³-hybridized carbons (Fsp3) is 0.538. The first-order valence-electron chi connectivity index (χ1n) is 5.94. The quantitative estimate of drug-likeness (QED) is 0.821. The summed E-state index contributed by atoms with van der Waals surface area (Å²) in [5, 5.41) is 1.29. The first-order valence-corrected chi connectivity index (χ1v) is 6.88. The lowest BCUT2D eigenvalue weighted by Gasteiger charge is -2.36. The van der Waals surface area contributed by atoms with Gasteiger partial charge in [-0.25, -0.2) is 0 Å². The molecular weight excluding hydrogens is 232 g/mol. The number of hydrogen-bond acceptors (Lipinski definition) is 4. The van der Waals surface area contributed by atoms with Crippen molar-refractivity contribution in [3.05, 3.63) is 18.2 Å². The minimum Gasteiger partial charge on any atom is -0.497 e. The first-order chi connectivity index (χ1) is 8.10. The van der Waals surface area contributed by atoms with E-state index < -0.39 is 0 Å². The molecule has 0 aliphatic carbocycles. The summed E-state index contributed by atoms with van der Waals surface area (Å²) < 4.78 is 5.27. The minimum atomic E-state index is 0.643. The van der Waals surface area contributed by atoms with Crippen molar-refractivity contribution in [2.24, 2.45) is 0 Å². The van der Waals surface area contributed by atoms with Gasteiger partial charge in [0, 0.05) is 29.7 Å². The normalized spacial score (nSPS) is 24.8. The molecule has 1 aromatic carbocycles. The summed E-state index contributed by atoms with van der Waals surface area (Å²) in [6.07, 6.45) is 0. The molecular formula is C13H20N2OS. The molecule has 2 atom stereocenters. The smallest absolute Gasteiger partial charge is 0.121 e. The van der Waals surface area contributed by atoms with Gasteiger partial charge in [0.05, 0.1) is 18.5 Å². The Morgan fingerprint density at radius 3 is 2.53 bits per heavy atom. The molecule has 1 saturated heterocycles. The van der Waals surface area contributed by atoms with Crippen molar-refractivity contribution in [2.45, 2.75) is 24.3 Å². The summed E-state index contributed by atoms with van der Waals surface area (Å²) >= 11 is 2.04. The number of anilines is 2. The van der Waals surface area contributed by atoms with Crippen LogP contribution in [0.25, 0.3) is 0 Å². The first kappa shape index (κ1) is 12.4. The van der Waals surface area contributed by atoms with E-state index in [1.54, 1.807) is 7.11 Å². The third-order valence-electron chi connectivity index (χ3n) is 3.00. The maximum atomic E-state index is 6.06. The van der Waals surface area contributed by atoms with Gasteiger partial charge in [-0.3, -0.25) is 0 Å². The van der Waals surface area contributed by atoms with Gasteiger partial charge >= 0.3 is 0 Å². The molecule has 1 aliphatic rings.